The molecule has 0 atom stereocenters. The Hall–Kier alpha value is -2.90. The number of ether oxygens (including phenoxy) is 1. The summed E-state index contributed by atoms with van der Waals surface area (Å²) in [5.41, 5.74) is 1.68. The SMILES string of the molecule is CC(=O)N1CCCc2cc(S(=O)(=O)NCCOc3ccc4ccccc4c3)ccc21. The van der Waals surface area contributed by atoms with Gasteiger partial charge in [-0.25, -0.2) is 13.1 Å². The van der Waals surface area contributed by atoms with Gasteiger partial charge in [-0.3, -0.25) is 4.79 Å². The average molecular weight is 425 g/mol. The molecule has 7 heteroatoms. The minimum Gasteiger partial charge on any atom is -0.492 e. The summed E-state index contributed by atoms with van der Waals surface area (Å²) in [5, 5.41) is 2.20. The maximum atomic E-state index is 12.7. The van der Waals surface area contributed by atoms with Crippen LogP contribution in [0.3, 0.4) is 0 Å². The number of nitrogens with one attached hydrogen (secondary N) is 1. The molecule has 4 rings (SSSR count). The van der Waals surface area contributed by atoms with Gasteiger partial charge in [0, 0.05) is 25.7 Å². The molecule has 3 aromatic carbocycles. The summed E-state index contributed by atoms with van der Waals surface area (Å²) < 4.78 is 33.6. The molecule has 0 unspecified atom stereocenters. The lowest BCUT2D eigenvalue weighted by molar-refractivity contribution is -0.116. The Balaban J connectivity index is 1.39. The molecule has 0 saturated heterocycles. The highest BCUT2D eigenvalue weighted by Gasteiger charge is 2.22. The molecular formula is C23H24N2O4S. The first-order valence-electron chi connectivity index (χ1n) is 9.96. The first-order chi connectivity index (χ1) is 14.4. The van der Waals surface area contributed by atoms with E-state index in [2.05, 4.69) is 4.72 Å². The lowest BCUT2D eigenvalue weighted by Gasteiger charge is -2.28. The first kappa shape index (κ1) is 20.4. The van der Waals surface area contributed by atoms with Crippen molar-refractivity contribution < 1.29 is 17.9 Å². The molecule has 156 valence electrons. The Morgan fingerprint density at radius 3 is 2.67 bits per heavy atom. The van der Waals surface area contributed by atoms with Crippen LogP contribution in [0.1, 0.15) is 18.9 Å². The number of anilines is 1. The Morgan fingerprint density at radius 2 is 1.87 bits per heavy atom. The molecule has 1 aliphatic heterocycles. The zero-order valence-corrected chi connectivity index (χ0v) is 17.6. The van der Waals surface area contributed by atoms with E-state index in [9.17, 15) is 13.2 Å². The van der Waals surface area contributed by atoms with Crippen molar-refractivity contribution in [1.82, 2.24) is 4.72 Å². The van der Waals surface area contributed by atoms with Crippen molar-refractivity contribution in [1.29, 1.82) is 0 Å². The van der Waals surface area contributed by atoms with Crippen LogP contribution in [0.4, 0.5) is 5.69 Å². The van der Waals surface area contributed by atoms with Gasteiger partial charge in [-0.2, -0.15) is 0 Å². The zero-order chi connectivity index (χ0) is 21.1. The first-order valence-corrected chi connectivity index (χ1v) is 11.4. The second kappa shape index (κ2) is 8.45. The molecule has 1 heterocycles. The molecule has 0 aliphatic carbocycles. The van der Waals surface area contributed by atoms with Crippen LogP contribution in [0.25, 0.3) is 10.8 Å². The van der Waals surface area contributed by atoms with E-state index in [0.717, 1.165) is 34.9 Å². The minimum atomic E-state index is -3.65. The van der Waals surface area contributed by atoms with Crippen LogP contribution in [-0.4, -0.2) is 34.0 Å². The van der Waals surface area contributed by atoms with E-state index in [0.29, 0.717) is 12.3 Å². The maximum absolute atomic E-state index is 12.7. The van der Waals surface area contributed by atoms with Gasteiger partial charge in [0.05, 0.1) is 4.90 Å². The number of carbonyl (C=O) groups is 1. The monoisotopic (exact) mass is 424 g/mol. The molecule has 1 N–H and O–H groups in total. The lowest BCUT2D eigenvalue weighted by atomic mass is 10.0. The van der Waals surface area contributed by atoms with Gasteiger partial charge < -0.3 is 9.64 Å². The smallest absolute Gasteiger partial charge is 0.240 e. The molecule has 0 bridgehead atoms. The van der Waals surface area contributed by atoms with Crippen LogP contribution in [0, 0.1) is 0 Å². The molecule has 0 fully saturated rings. The summed E-state index contributed by atoms with van der Waals surface area (Å²) in [6.07, 6.45) is 1.58. The Labute approximate surface area is 176 Å². The van der Waals surface area contributed by atoms with Crippen LogP contribution >= 0.6 is 0 Å². The van der Waals surface area contributed by atoms with Crippen LogP contribution in [-0.2, 0) is 21.2 Å². The highest BCUT2D eigenvalue weighted by atomic mass is 32.2. The second-order valence-electron chi connectivity index (χ2n) is 7.32. The number of sulfonamides is 1. The third kappa shape index (κ3) is 4.32. The van der Waals surface area contributed by atoms with Crippen molar-refractivity contribution in [3.05, 3.63) is 66.2 Å². The van der Waals surface area contributed by atoms with Gasteiger partial charge in [0.15, 0.2) is 0 Å². The molecule has 30 heavy (non-hydrogen) atoms. The molecular weight excluding hydrogens is 400 g/mol. The van der Waals surface area contributed by atoms with E-state index in [-0.39, 0.29) is 24.0 Å². The predicted octanol–water partition coefficient (Wildman–Crippen LogP) is 3.50. The summed E-state index contributed by atoms with van der Waals surface area (Å²) in [4.78, 5) is 13.7. The van der Waals surface area contributed by atoms with E-state index in [1.807, 2.05) is 42.5 Å². The summed E-state index contributed by atoms with van der Waals surface area (Å²) in [6.45, 7) is 2.57. The van der Waals surface area contributed by atoms with E-state index >= 15 is 0 Å². The third-order valence-corrected chi connectivity index (χ3v) is 6.70. The van der Waals surface area contributed by atoms with E-state index in [4.69, 9.17) is 4.74 Å². The van der Waals surface area contributed by atoms with E-state index in [1.165, 1.54) is 6.92 Å². The Morgan fingerprint density at radius 1 is 1.07 bits per heavy atom. The molecule has 3 aromatic rings. The molecule has 0 saturated carbocycles. The van der Waals surface area contributed by atoms with Crippen molar-refractivity contribution >= 4 is 32.4 Å². The number of rotatable bonds is 6. The highest BCUT2D eigenvalue weighted by molar-refractivity contribution is 7.89. The molecule has 0 aromatic heterocycles. The van der Waals surface area contributed by atoms with Crippen LogP contribution in [0.2, 0.25) is 0 Å². The Bertz CT molecular complexity index is 1190. The standard InChI is InChI=1S/C23H24N2O4S/c1-17(26)25-13-4-7-20-16-22(10-11-23(20)25)30(27,28)24-12-14-29-21-9-8-18-5-2-3-6-19(18)15-21/h2-3,5-6,8-11,15-16,24H,4,7,12-14H2,1H3. The summed E-state index contributed by atoms with van der Waals surface area (Å²) in [7, 11) is -3.65. The van der Waals surface area contributed by atoms with Crippen molar-refractivity contribution in [2.24, 2.45) is 0 Å². The van der Waals surface area contributed by atoms with Gasteiger partial charge in [-0.1, -0.05) is 30.3 Å². The van der Waals surface area contributed by atoms with Gasteiger partial charge in [-0.05, 0) is 59.5 Å². The molecule has 1 aliphatic rings. The lowest BCUT2D eigenvalue weighted by Crippen LogP contribution is -2.34. The number of aryl methyl sites for hydroxylation is 1. The van der Waals surface area contributed by atoms with Gasteiger partial charge >= 0.3 is 0 Å². The molecule has 1 amide bonds. The fourth-order valence-electron chi connectivity index (χ4n) is 3.75. The van der Waals surface area contributed by atoms with Gasteiger partial charge in [0.1, 0.15) is 12.4 Å². The van der Waals surface area contributed by atoms with E-state index in [1.54, 1.807) is 23.1 Å². The number of benzene rings is 3. The van der Waals surface area contributed by atoms with Crippen LogP contribution < -0.4 is 14.4 Å². The number of fused-ring (bicyclic) bond motifs is 2. The number of amides is 1. The Kier molecular flexibility index (Phi) is 5.74. The zero-order valence-electron chi connectivity index (χ0n) is 16.8. The normalized spacial score (nSPS) is 13.8. The van der Waals surface area contributed by atoms with Crippen molar-refractivity contribution in [2.75, 3.05) is 24.6 Å². The number of hydrogen-bond donors (Lipinski definition) is 1. The molecule has 0 spiro atoms. The summed E-state index contributed by atoms with van der Waals surface area (Å²) in [5.74, 6) is 0.668. The van der Waals surface area contributed by atoms with Crippen LogP contribution in [0.5, 0.6) is 5.75 Å². The largest absolute Gasteiger partial charge is 0.492 e. The number of carbonyl (C=O) groups excluding carboxylic acids is 1. The molecule has 6 nitrogen and oxygen atoms in total. The van der Waals surface area contributed by atoms with Crippen LogP contribution in [0.15, 0.2) is 65.6 Å². The topological polar surface area (TPSA) is 75.7 Å². The van der Waals surface area contributed by atoms with Crippen molar-refractivity contribution in [2.45, 2.75) is 24.7 Å². The minimum absolute atomic E-state index is 0.0319. The quantitative estimate of drug-likeness (QED) is 0.615. The van der Waals surface area contributed by atoms with Gasteiger partial charge in [-0.15, -0.1) is 0 Å². The predicted molar refractivity (Wildman–Crippen MR) is 117 cm³/mol. The average Bonchev–Trinajstić information content (AvgIpc) is 2.75. The molecule has 0 radical (unpaired) electrons. The van der Waals surface area contributed by atoms with E-state index < -0.39 is 10.0 Å². The second-order valence-corrected chi connectivity index (χ2v) is 9.09. The van der Waals surface area contributed by atoms with Gasteiger partial charge in [0.2, 0.25) is 15.9 Å². The van der Waals surface area contributed by atoms with Crippen molar-refractivity contribution in [3.63, 3.8) is 0 Å². The third-order valence-electron chi connectivity index (χ3n) is 5.24. The fraction of sp³-hybridized carbons (Fsp3) is 0.261. The maximum Gasteiger partial charge on any atom is 0.240 e. The van der Waals surface area contributed by atoms with Gasteiger partial charge in [0.25, 0.3) is 0 Å². The van der Waals surface area contributed by atoms with Crippen molar-refractivity contribution in [3.8, 4) is 5.75 Å². The number of hydrogen-bond acceptors (Lipinski definition) is 4. The number of nitrogens with zero attached hydrogens (tertiary/aromatic N) is 1. The fourth-order valence-corrected chi connectivity index (χ4v) is 4.82. The summed E-state index contributed by atoms with van der Waals surface area (Å²) >= 11 is 0. The summed E-state index contributed by atoms with van der Waals surface area (Å²) in [6, 6.07) is 18.7. The highest BCUT2D eigenvalue weighted by Crippen LogP contribution is 2.29.